The number of aromatic amines is 1. The Bertz CT molecular complexity index is 962. The van der Waals surface area contributed by atoms with Gasteiger partial charge in [-0.15, -0.1) is 10.2 Å². The van der Waals surface area contributed by atoms with Crippen LogP contribution in [0.1, 0.15) is 5.01 Å². The van der Waals surface area contributed by atoms with E-state index < -0.39 is 6.23 Å². The number of hydrogen-bond donors (Lipinski definition) is 3. The van der Waals surface area contributed by atoms with Crippen LogP contribution < -0.4 is 5.32 Å². The number of aliphatic hydroxyl groups is 1. The number of H-pyrrole nitrogens is 1. The van der Waals surface area contributed by atoms with Crippen LogP contribution in [0.3, 0.4) is 0 Å². The lowest BCUT2D eigenvalue weighted by Gasteiger charge is -2.22. The molecule has 0 radical (unpaired) electrons. The van der Waals surface area contributed by atoms with Crippen molar-refractivity contribution in [3.05, 3.63) is 46.7 Å². The maximum Gasteiger partial charge on any atom is 0.210 e. The molecule has 9 heteroatoms. The molecule has 0 fully saturated rings. The molecule has 0 amide bonds. The molecule has 3 aromatic rings. The Morgan fingerprint density at radius 1 is 1.38 bits per heavy atom. The number of fused-ring (bicyclic) bond motifs is 1. The number of likely N-dealkylation sites (N-methyl/N-ethyl adjacent to an activating group) is 1. The van der Waals surface area contributed by atoms with Crippen LogP contribution in [0.4, 0.5) is 10.8 Å². The smallest absolute Gasteiger partial charge is 0.210 e. The number of aliphatic hydroxyl groups excluding tert-OH is 1. The van der Waals surface area contributed by atoms with Crippen molar-refractivity contribution in [2.45, 2.75) is 6.23 Å². The highest BCUT2D eigenvalue weighted by molar-refractivity contribution is 7.16. The lowest BCUT2D eigenvalue weighted by molar-refractivity contribution is 0.0980. The molecule has 0 saturated carbocycles. The highest BCUT2D eigenvalue weighted by Gasteiger charge is 2.15. The summed E-state index contributed by atoms with van der Waals surface area (Å²) in [7, 11) is 1.80. The van der Waals surface area contributed by atoms with E-state index >= 15 is 0 Å². The van der Waals surface area contributed by atoms with Gasteiger partial charge in [0, 0.05) is 24.2 Å². The largest absolute Gasteiger partial charge is 0.370 e. The van der Waals surface area contributed by atoms with Crippen molar-refractivity contribution >= 4 is 50.2 Å². The summed E-state index contributed by atoms with van der Waals surface area (Å²) in [5, 5.41) is 30.9. The summed E-state index contributed by atoms with van der Waals surface area (Å²) >= 11 is 7.81. The quantitative estimate of drug-likeness (QED) is 0.665. The van der Waals surface area contributed by atoms with Crippen LogP contribution in [0.25, 0.3) is 16.5 Å². The maximum absolute atomic E-state index is 9.67. The molecule has 24 heavy (non-hydrogen) atoms. The van der Waals surface area contributed by atoms with Gasteiger partial charge in [-0.25, -0.2) is 0 Å². The molecule has 3 N–H and O–H groups in total. The van der Waals surface area contributed by atoms with Crippen LogP contribution in [0.5, 0.6) is 0 Å². The predicted octanol–water partition coefficient (Wildman–Crippen LogP) is 2.97. The van der Waals surface area contributed by atoms with Gasteiger partial charge in [0.2, 0.25) is 5.13 Å². The number of hydrogen-bond acceptors (Lipinski definition) is 7. The fourth-order valence-electron chi connectivity index (χ4n) is 2.38. The zero-order valence-electron chi connectivity index (χ0n) is 12.6. The number of nitrogens with zero attached hydrogens (tertiary/aromatic N) is 4. The van der Waals surface area contributed by atoms with Gasteiger partial charge in [0.05, 0.1) is 22.4 Å². The summed E-state index contributed by atoms with van der Waals surface area (Å²) in [6.45, 7) is 0. The van der Waals surface area contributed by atoms with Crippen molar-refractivity contribution in [2.75, 3.05) is 12.4 Å². The van der Waals surface area contributed by atoms with Gasteiger partial charge in [0.25, 0.3) is 0 Å². The van der Waals surface area contributed by atoms with Crippen molar-refractivity contribution in [1.29, 1.82) is 0 Å². The van der Waals surface area contributed by atoms with Gasteiger partial charge in [0.15, 0.2) is 5.01 Å². The van der Waals surface area contributed by atoms with Gasteiger partial charge < -0.3 is 15.3 Å². The van der Waals surface area contributed by atoms with Crippen molar-refractivity contribution in [3.63, 3.8) is 0 Å². The number of aromatic nitrogens is 4. The van der Waals surface area contributed by atoms with Crippen molar-refractivity contribution in [3.8, 4) is 0 Å². The molecule has 0 saturated heterocycles. The van der Waals surface area contributed by atoms with E-state index in [0.29, 0.717) is 10.2 Å². The van der Waals surface area contributed by atoms with E-state index in [0.717, 1.165) is 27.2 Å². The normalized spacial score (nSPS) is 17.4. The molecule has 1 aliphatic heterocycles. The summed E-state index contributed by atoms with van der Waals surface area (Å²) in [5.74, 6) is 0. The van der Waals surface area contributed by atoms with E-state index in [2.05, 4.69) is 25.7 Å². The van der Waals surface area contributed by atoms with Gasteiger partial charge >= 0.3 is 0 Å². The van der Waals surface area contributed by atoms with Crippen LogP contribution in [-0.2, 0) is 0 Å². The molecule has 122 valence electrons. The highest BCUT2D eigenvalue weighted by atomic mass is 35.5. The molecule has 4 rings (SSSR count). The van der Waals surface area contributed by atoms with Crippen LogP contribution in [0.15, 0.2) is 36.7 Å². The monoisotopic (exact) mass is 360 g/mol. The predicted molar refractivity (Wildman–Crippen MR) is 95.2 cm³/mol. The second-order valence-corrected chi connectivity index (χ2v) is 6.67. The Hall–Kier alpha value is -2.42. The molecule has 1 aliphatic rings. The number of benzene rings is 1. The van der Waals surface area contributed by atoms with Gasteiger partial charge in [0.1, 0.15) is 6.23 Å². The third-order valence-electron chi connectivity index (χ3n) is 3.68. The fourth-order valence-corrected chi connectivity index (χ4v) is 3.38. The molecule has 1 aromatic carbocycles. The SMILES string of the molecule is CN1C=C(c2nnc(Nc3ccc4[nH]ncc4c3Cl)s2)C=CC1O. The molecular weight excluding hydrogens is 348 g/mol. The van der Waals surface area contributed by atoms with Crippen molar-refractivity contribution in [2.24, 2.45) is 0 Å². The van der Waals surface area contributed by atoms with Crippen LogP contribution >= 0.6 is 22.9 Å². The zero-order chi connectivity index (χ0) is 16.7. The van der Waals surface area contributed by atoms with Crippen LogP contribution in [0, 0.1) is 0 Å². The first-order valence-electron chi connectivity index (χ1n) is 7.14. The standard InChI is InChI=1S/C15H13ClN6OS/c1-22-7-8(2-5-12(22)23)14-20-21-15(24-14)18-11-4-3-10-9(13(11)16)6-17-19-10/h2-7,12,23H,1H3,(H,17,19)(H,18,21). The molecule has 1 atom stereocenters. The van der Waals surface area contributed by atoms with E-state index in [9.17, 15) is 5.11 Å². The first-order chi connectivity index (χ1) is 11.6. The van der Waals surface area contributed by atoms with Gasteiger partial charge in [-0.05, 0) is 24.3 Å². The summed E-state index contributed by atoms with van der Waals surface area (Å²) < 4.78 is 0. The van der Waals surface area contributed by atoms with Crippen molar-refractivity contribution < 1.29 is 5.11 Å². The highest BCUT2D eigenvalue weighted by Crippen LogP contribution is 2.34. The van der Waals surface area contributed by atoms with Gasteiger partial charge in [-0.2, -0.15) is 5.10 Å². The summed E-state index contributed by atoms with van der Waals surface area (Å²) in [6.07, 6.45) is 6.44. The number of allylic oxidation sites excluding steroid dienone is 2. The second-order valence-electron chi connectivity index (χ2n) is 5.32. The summed E-state index contributed by atoms with van der Waals surface area (Å²) in [4.78, 5) is 1.70. The molecule has 3 heterocycles. The first-order valence-corrected chi connectivity index (χ1v) is 8.34. The van der Waals surface area contributed by atoms with Crippen LogP contribution in [-0.4, -0.2) is 43.7 Å². The average molecular weight is 361 g/mol. The molecule has 0 aliphatic carbocycles. The number of nitrogens with one attached hydrogen (secondary N) is 2. The Morgan fingerprint density at radius 2 is 2.25 bits per heavy atom. The van der Waals surface area contributed by atoms with E-state index in [1.807, 2.05) is 24.4 Å². The Morgan fingerprint density at radius 3 is 3.08 bits per heavy atom. The molecule has 0 spiro atoms. The number of rotatable bonds is 3. The van der Waals surface area contributed by atoms with Gasteiger partial charge in [-0.1, -0.05) is 22.9 Å². The molecule has 0 bridgehead atoms. The Balaban J connectivity index is 1.60. The number of anilines is 2. The third kappa shape index (κ3) is 2.64. The first kappa shape index (κ1) is 15.1. The van der Waals surface area contributed by atoms with E-state index in [-0.39, 0.29) is 0 Å². The minimum absolute atomic E-state index is 0.581. The van der Waals surface area contributed by atoms with Crippen LogP contribution in [0.2, 0.25) is 5.02 Å². The van der Waals surface area contributed by atoms with E-state index in [1.165, 1.54) is 11.3 Å². The molecular formula is C15H13ClN6OS. The van der Waals surface area contributed by atoms with Gasteiger partial charge in [-0.3, -0.25) is 5.10 Å². The Labute approximate surface area is 146 Å². The lowest BCUT2D eigenvalue weighted by atomic mass is 10.2. The topological polar surface area (TPSA) is 90.0 Å². The van der Waals surface area contributed by atoms with E-state index in [4.69, 9.17) is 11.6 Å². The lowest BCUT2D eigenvalue weighted by Crippen LogP contribution is -2.26. The summed E-state index contributed by atoms with van der Waals surface area (Å²) in [5.41, 5.74) is 2.52. The Kier molecular flexibility index (Phi) is 3.72. The van der Waals surface area contributed by atoms with E-state index in [1.54, 1.807) is 24.2 Å². The minimum Gasteiger partial charge on any atom is -0.370 e. The molecule has 7 nitrogen and oxygen atoms in total. The second kappa shape index (κ2) is 5.90. The maximum atomic E-state index is 9.67. The number of halogens is 1. The zero-order valence-corrected chi connectivity index (χ0v) is 14.1. The average Bonchev–Trinajstić information content (AvgIpc) is 3.22. The fraction of sp³-hybridized carbons (Fsp3) is 0.133. The third-order valence-corrected chi connectivity index (χ3v) is 4.97. The minimum atomic E-state index is -0.611. The molecule has 1 unspecified atom stereocenters. The molecule has 2 aromatic heterocycles. The summed E-state index contributed by atoms with van der Waals surface area (Å²) in [6, 6.07) is 3.77. The van der Waals surface area contributed by atoms with Crippen molar-refractivity contribution in [1.82, 2.24) is 25.3 Å².